The van der Waals surface area contributed by atoms with Crippen LogP contribution >= 0.6 is 0 Å². The van der Waals surface area contributed by atoms with E-state index in [9.17, 15) is 0 Å². The lowest BCUT2D eigenvalue weighted by Gasteiger charge is -2.28. The van der Waals surface area contributed by atoms with Crippen molar-refractivity contribution >= 4 is 5.69 Å². The van der Waals surface area contributed by atoms with Crippen LogP contribution in [0, 0.1) is 0 Å². The summed E-state index contributed by atoms with van der Waals surface area (Å²) >= 11 is 0. The van der Waals surface area contributed by atoms with E-state index in [1.165, 1.54) is 17.7 Å². The Morgan fingerprint density at radius 3 is 2.95 bits per heavy atom. The van der Waals surface area contributed by atoms with E-state index < -0.39 is 0 Å². The van der Waals surface area contributed by atoms with Crippen LogP contribution in [0.5, 0.6) is 0 Å². The smallest absolute Gasteiger partial charge is 0.0615 e. The molecule has 1 N–H and O–H groups in total. The van der Waals surface area contributed by atoms with Crippen molar-refractivity contribution in [2.45, 2.75) is 32.2 Å². The van der Waals surface area contributed by atoms with Crippen molar-refractivity contribution in [3.05, 3.63) is 29.8 Å². The van der Waals surface area contributed by atoms with Gasteiger partial charge in [0.15, 0.2) is 0 Å². The molecule has 2 atom stereocenters. The quantitative estimate of drug-likeness (QED) is 0.817. The number of nitrogens with zero attached hydrogens (tertiary/aromatic N) is 1. The maximum Gasteiger partial charge on any atom is 0.0615 e. The summed E-state index contributed by atoms with van der Waals surface area (Å²) in [5.74, 6) is 0.653. The van der Waals surface area contributed by atoms with Crippen LogP contribution in [0.2, 0.25) is 0 Å². The summed E-state index contributed by atoms with van der Waals surface area (Å²) in [7, 11) is 1.78. The van der Waals surface area contributed by atoms with Crippen molar-refractivity contribution in [1.82, 2.24) is 4.90 Å². The molecular formula is C16H26N2O. The third-order valence-corrected chi connectivity index (χ3v) is 4.14. The summed E-state index contributed by atoms with van der Waals surface area (Å²) < 4.78 is 5.26. The van der Waals surface area contributed by atoms with Crippen LogP contribution in [0.15, 0.2) is 24.3 Å². The number of hydrogen-bond acceptors (Lipinski definition) is 3. The molecule has 106 valence electrons. The normalized spacial score (nSPS) is 19.3. The number of anilines is 1. The number of nitrogens with one attached hydrogen (secondary N) is 1. The van der Waals surface area contributed by atoms with Crippen molar-refractivity contribution in [1.29, 1.82) is 0 Å². The molecule has 3 nitrogen and oxygen atoms in total. The molecule has 1 heterocycles. The van der Waals surface area contributed by atoms with E-state index in [1.807, 2.05) is 0 Å². The van der Waals surface area contributed by atoms with E-state index in [0.29, 0.717) is 12.0 Å². The number of methoxy groups -OCH3 is 1. The van der Waals surface area contributed by atoms with Gasteiger partial charge in [-0.25, -0.2) is 0 Å². The first-order valence-electron chi connectivity index (χ1n) is 7.32. The molecule has 3 heteroatoms. The maximum absolute atomic E-state index is 5.26. The minimum atomic E-state index is 0.500. The molecule has 1 aromatic carbocycles. The zero-order chi connectivity index (χ0) is 13.7. The second-order valence-corrected chi connectivity index (χ2v) is 5.39. The highest BCUT2D eigenvalue weighted by Crippen LogP contribution is 2.33. The van der Waals surface area contributed by atoms with Crippen molar-refractivity contribution in [2.75, 3.05) is 38.7 Å². The van der Waals surface area contributed by atoms with Gasteiger partial charge in [0.05, 0.1) is 6.61 Å². The predicted molar refractivity (Wildman–Crippen MR) is 80.9 cm³/mol. The summed E-state index contributed by atoms with van der Waals surface area (Å²) in [5, 5.41) is 3.50. The van der Waals surface area contributed by atoms with E-state index in [1.54, 1.807) is 7.11 Å². The Kier molecular flexibility index (Phi) is 5.23. The first-order chi connectivity index (χ1) is 9.26. The highest BCUT2D eigenvalue weighted by Gasteiger charge is 2.22. The number of ether oxygens (including phenoxy) is 1. The zero-order valence-electron chi connectivity index (χ0n) is 12.4. The van der Waals surface area contributed by atoms with Gasteiger partial charge in [0.1, 0.15) is 0 Å². The molecule has 1 aliphatic heterocycles. The van der Waals surface area contributed by atoms with Crippen molar-refractivity contribution in [2.24, 2.45) is 0 Å². The van der Waals surface area contributed by atoms with Crippen LogP contribution in [-0.2, 0) is 4.74 Å². The Morgan fingerprint density at radius 1 is 1.42 bits per heavy atom. The first-order valence-corrected chi connectivity index (χ1v) is 7.32. The Balaban J connectivity index is 1.89. The predicted octanol–water partition coefficient (Wildman–Crippen LogP) is 2.94. The van der Waals surface area contributed by atoms with E-state index in [2.05, 4.69) is 48.3 Å². The molecule has 2 unspecified atom stereocenters. The Labute approximate surface area is 116 Å². The third kappa shape index (κ3) is 3.48. The molecule has 0 saturated carbocycles. The second kappa shape index (κ2) is 6.92. The standard InChI is InChI=1S/C16H26N2O/c1-4-18(13(2)12-19-3)10-9-14-11-17-16-8-6-5-7-15(14)16/h5-8,13-14,17H,4,9-12H2,1-3H3. The lowest BCUT2D eigenvalue weighted by molar-refractivity contribution is 0.101. The minimum absolute atomic E-state index is 0.500. The van der Waals surface area contributed by atoms with Crippen LogP contribution < -0.4 is 5.32 Å². The van der Waals surface area contributed by atoms with Gasteiger partial charge in [0, 0.05) is 31.3 Å². The number of benzene rings is 1. The fourth-order valence-electron chi connectivity index (χ4n) is 2.97. The third-order valence-electron chi connectivity index (χ3n) is 4.14. The summed E-state index contributed by atoms with van der Waals surface area (Å²) in [6, 6.07) is 9.19. The molecule has 0 aliphatic carbocycles. The minimum Gasteiger partial charge on any atom is -0.384 e. The lowest BCUT2D eigenvalue weighted by atomic mass is 9.97. The van der Waals surface area contributed by atoms with Gasteiger partial charge in [-0.2, -0.15) is 0 Å². The van der Waals surface area contributed by atoms with Crippen LogP contribution in [-0.4, -0.2) is 44.3 Å². The molecule has 0 radical (unpaired) electrons. The Bertz CT molecular complexity index is 394. The highest BCUT2D eigenvalue weighted by molar-refractivity contribution is 5.57. The van der Waals surface area contributed by atoms with Crippen molar-refractivity contribution in [3.8, 4) is 0 Å². The van der Waals surface area contributed by atoms with Crippen molar-refractivity contribution in [3.63, 3.8) is 0 Å². The van der Waals surface area contributed by atoms with E-state index in [4.69, 9.17) is 4.74 Å². The highest BCUT2D eigenvalue weighted by atomic mass is 16.5. The molecule has 0 fully saturated rings. The van der Waals surface area contributed by atoms with Crippen molar-refractivity contribution < 1.29 is 4.74 Å². The Morgan fingerprint density at radius 2 is 2.21 bits per heavy atom. The van der Waals surface area contributed by atoms with Gasteiger partial charge in [-0.05, 0) is 38.1 Å². The number of hydrogen-bond donors (Lipinski definition) is 1. The average molecular weight is 262 g/mol. The molecule has 1 aromatic rings. The second-order valence-electron chi connectivity index (χ2n) is 5.39. The molecule has 0 saturated heterocycles. The lowest BCUT2D eigenvalue weighted by Crippen LogP contribution is -2.37. The first kappa shape index (κ1) is 14.4. The summed E-state index contributed by atoms with van der Waals surface area (Å²) in [6.07, 6.45) is 1.21. The summed E-state index contributed by atoms with van der Waals surface area (Å²) in [4.78, 5) is 2.50. The Hall–Kier alpha value is -1.06. The largest absolute Gasteiger partial charge is 0.384 e. The summed E-state index contributed by atoms with van der Waals surface area (Å²) in [6.45, 7) is 8.60. The maximum atomic E-state index is 5.26. The van der Waals surface area contributed by atoms with Crippen LogP contribution in [0.4, 0.5) is 5.69 Å². The molecule has 2 rings (SSSR count). The number of likely N-dealkylation sites (N-methyl/N-ethyl adjacent to an activating group) is 1. The molecule has 0 bridgehead atoms. The van der Waals surface area contributed by atoms with Crippen LogP contribution in [0.25, 0.3) is 0 Å². The number of para-hydroxylation sites is 1. The fourth-order valence-corrected chi connectivity index (χ4v) is 2.97. The van der Waals surface area contributed by atoms with Crippen LogP contribution in [0.1, 0.15) is 31.7 Å². The molecular weight excluding hydrogens is 236 g/mol. The average Bonchev–Trinajstić information content (AvgIpc) is 2.83. The fraction of sp³-hybridized carbons (Fsp3) is 0.625. The van der Waals surface area contributed by atoms with Gasteiger partial charge in [-0.3, -0.25) is 4.90 Å². The molecule has 19 heavy (non-hydrogen) atoms. The zero-order valence-corrected chi connectivity index (χ0v) is 12.4. The SMILES string of the molecule is CCN(CCC1CNc2ccccc21)C(C)COC. The molecule has 0 amide bonds. The number of fused-ring (bicyclic) bond motifs is 1. The van der Waals surface area contributed by atoms with E-state index >= 15 is 0 Å². The molecule has 1 aliphatic rings. The van der Waals surface area contributed by atoms with Gasteiger partial charge in [-0.1, -0.05) is 25.1 Å². The van der Waals surface area contributed by atoms with Crippen LogP contribution in [0.3, 0.4) is 0 Å². The van der Waals surface area contributed by atoms with E-state index in [0.717, 1.165) is 26.2 Å². The van der Waals surface area contributed by atoms with E-state index in [-0.39, 0.29) is 0 Å². The van der Waals surface area contributed by atoms with Gasteiger partial charge in [-0.15, -0.1) is 0 Å². The van der Waals surface area contributed by atoms with Gasteiger partial charge >= 0.3 is 0 Å². The molecule has 0 aromatic heterocycles. The van der Waals surface area contributed by atoms with Gasteiger partial charge < -0.3 is 10.1 Å². The summed E-state index contributed by atoms with van der Waals surface area (Å²) in [5.41, 5.74) is 2.80. The van der Waals surface area contributed by atoms with Gasteiger partial charge in [0.2, 0.25) is 0 Å². The molecule has 0 spiro atoms. The van der Waals surface area contributed by atoms with Gasteiger partial charge in [0.25, 0.3) is 0 Å². The number of rotatable bonds is 7. The topological polar surface area (TPSA) is 24.5 Å². The monoisotopic (exact) mass is 262 g/mol.